The van der Waals surface area contributed by atoms with Crippen molar-refractivity contribution in [2.75, 3.05) is 13.7 Å². The van der Waals surface area contributed by atoms with Crippen molar-refractivity contribution in [2.45, 2.75) is 19.3 Å². The maximum absolute atomic E-state index is 12.2. The van der Waals surface area contributed by atoms with Crippen LogP contribution in [0.2, 0.25) is 0 Å². The molecule has 0 fully saturated rings. The number of rotatable bonds is 7. The molecule has 0 unspecified atom stereocenters. The molecular weight excluding hydrogens is 365 g/mol. The number of ether oxygens (including phenoxy) is 2. The van der Waals surface area contributed by atoms with Crippen molar-refractivity contribution >= 4 is 6.03 Å². The first-order valence-electron chi connectivity index (χ1n) is 7.93. The molecule has 0 saturated heterocycles. The Morgan fingerprint density at radius 1 is 1.07 bits per heavy atom. The minimum Gasteiger partial charge on any atom is -0.504 e. The van der Waals surface area contributed by atoms with Gasteiger partial charge >= 0.3 is 12.2 Å². The van der Waals surface area contributed by atoms with Gasteiger partial charge < -0.3 is 25.2 Å². The molecule has 146 valence electrons. The molecule has 2 aromatic carbocycles. The van der Waals surface area contributed by atoms with Gasteiger partial charge in [0.1, 0.15) is 5.75 Å². The van der Waals surface area contributed by atoms with Crippen LogP contribution in [-0.4, -0.2) is 31.0 Å². The molecule has 0 aliphatic carbocycles. The van der Waals surface area contributed by atoms with Crippen LogP contribution in [0.4, 0.5) is 18.0 Å². The zero-order valence-electron chi connectivity index (χ0n) is 14.5. The SMILES string of the molecule is COc1ccc(CNC(=O)NCc2cccc(OCC(F)(F)F)c2)cc1O. The summed E-state index contributed by atoms with van der Waals surface area (Å²) in [5.41, 5.74) is 1.26. The summed E-state index contributed by atoms with van der Waals surface area (Å²) < 4.78 is 46.1. The van der Waals surface area contributed by atoms with Crippen LogP contribution in [0.3, 0.4) is 0 Å². The van der Waals surface area contributed by atoms with Gasteiger partial charge in [-0.15, -0.1) is 0 Å². The van der Waals surface area contributed by atoms with Crippen LogP contribution in [0.5, 0.6) is 17.2 Å². The van der Waals surface area contributed by atoms with Gasteiger partial charge in [0, 0.05) is 13.1 Å². The van der Waals surface area contributed by atoms with Crippen LogP contribution in [-0.2, 0) is 13.1 Å². The quantitative estimate of drug-likeness (QED) is 0.684. The van der Waals surface area contributed by atoms with E-state index in [1.807, 2.05) is 0 Å². The number of hydrogen-bond donors (Lipinski definition) is 3. The lowest BCUT2D eigenvalue weighted by Gasteiger charge is -2.11. The predicted octanol–water partition coefficient (Wildman–Crippen LogP) is 3.34. The molecule has 0 heterocycles. The summed E-state index contributed by atoms with van der Waals surface area (Å²) in [7, 11) is 1.43. The van der Waals surface area contributed by atoms with Crippen LogP contribution in [0.25, 0.3) is 0 Å². The molecular formula is C18H19F3N2O4. The predicted molar refractivity (Wildman–Crippen MR) is 91.7 cm³/mol. The van der Waals surface area contributed by atoms with E-state index in [1.165, 1.54) is 25.3 Å². The topological polar surface area (TPSA) is 79.8 Å². The van der Waals surface area contributed by atoms with E-state index in [4.69, 9.17) is 4.74 Å². The Morgan fingerprint density at radius 3 is 2.33 bits per heavy atom. The van der Waals surface area contributed by atoms with Gasteiger partial charge in [-0.1, -0.05) is 18.2 Å². The Bertz CT molecular complexity index is 781. The van der Waals surface area contributed by atoms with Gasteiger partial charge in [-0.2, -0.15) is 13.2 Å². The number of methoxy groups -OCH3 is 1. The molecule has 2 amide bonds. The van der Waals surface area contributed by atoms with Crippen LogP contribution < -0.4 is 20.1 Å². The number of amides is 2. The number of carbonyl (C=O) groups excluding carboxylic acids is 1. The summed E-state index contributed by atoms with van der Waals surface area (Å²) in [5.74, 6) is 0.365. The molecule has 0 aliphatic rings. The summed E-state index contributed by atoms with van der Waals surface area (Å²) >= 11 is 0. The third kappa shape index (κ3) is 6.96. The van der Waals surface area contributed by atoms with E-state index in [9.17, 15) is 23.1 Å². The largest absolute Gasteiger partial charge is 0.504 e. The molecule has 0 aliphatic heterocycles. The second-order valence-electron chi connectivity index (χ2n) is 5.59. The summed E-state index contributed by atoms with van der Waals surface area (Å²) in [6, 6.07) is 10.3. The first-order valence-corrected chi connectivity index (χ1v) is 7.93. The van der Waals surface area contributed by atoms with Gasteiger partial charge in [0.15, 0.2) is 18.1 Å². The van der Waals surface area contributed by atoms with Crippen LogP contribution >= 0.6 is 0 Å². The highest BCUT2D eigenvalue weighted by Crippen LogP contribution is 2.26. The fraction of sp³-hybridized carbons (Fsp3) is 0.278. The molecule has 0 spiro atoms. The van der Waals surface area contributed by atoms with Crippen LogP contribution in [0, 0.1) is 0 Å². The Labute approximate surface area is 153 Å². The number of alkyl halides is 3. The molecule has 0 atom stereocenters. The molecule has 6 nitrogen and oxygen atoms in total. The summed E-state index contributed by atoms with van der Waals surface area (Å²) in [4.78, 5) is 11.9. The van der Waals surface area contributed by atoms with Gasteiger partial charge in [-0.05, 0) is 35.4 Å². The number of phenols is 1. The maximum Gasteiger partial charge on any atom is 0.422 e. The molecule has 2 rings (SSSR count). The number of carbonyl (C=O) groups is 1. The molecule has 0 bridgehead atoms. The maximum atomic E-state index is 12.2. The smallest absolute Gasteiger partial charge is 0.422 e. The van der Waals surface area contributed by atoms with Crippen molar-refractivity contribution < 1.29 is 32.5 Å². The van der Waals surface area contributed by atoms with E-state index in [2.05, 4.69) is 15.4 Å². The van der Waals surface area contributed by atoms with E-state index in [-0.39, 0.29) is 24.6 Å². The van der Waals surface area contributed by atoms with Crippen molar-refractivity contribution in [3.8, 4) is 17.2 Å². The Kier molecular flexibility index (Phi) is 6.75. The Hall–Kier alpha value is -3.10. The summed E-state index contributed by atoms with van der Waals surface area (Å²) in [6.07, 6.45) is -4.41. The van der Waals surface area contributed by atoms with Crippen LogP contribution in [0.1, 0.15) is 11.1 Å². The zero-order valence-corrected chi connectivity index (χ0v) is 14.5. The number of halogens is 3. The van der Waals surface area contributed by atoms with Gasteiger partial charge in [-0.3, -0.25) is 0 Å². The first kappa shape index (κ1) is 20.2. The van der Waals surface area contributed by atoms with Gasteiger partial charge in [0.2, 0.25) is 0 Å². The van der Waals surface area contributed by atoms with Crippen molar-refractivity contribution in [1.29, 1.82) is 0 Å². The third-order valence-electron chi connectivity index (χ3n) is 3.45. The van der Waals surface area contributed by atoms with Gasteiger partial charge in [0.25, 0.3) is 0 Å². The van der Waals surface area contributed by atoms with Crippen molar-refractivity contribution in [3.05, 3.63) is 53.6 Å². The minimum absolute atomic E-state index is 0.0344. The molecule has 27 heavy (non-hydrogen) atoms. The van der Waals surface area contributed by atoms with Gasteiger partial charge in [0.05, 0.1) is 7.11 Å². The second kappa shape index (κ2) is 9.02. The van der Waals surface area contributed by atoms with E-state index in [0.717, 1.165) is 0 Å². The van der Waals surface area contributed by atoms with Gasteiger partial charge in [-0.25, -0.2) is 4.79 Å². The third-order valence-corrected chi connectivity index (χ3v) is 3.45. The van der Waals surface area contributed by atoms with Crippen LogP contribution in [0.15, 0.2) is 42.5 Å². The second-order valence-corrected chi connectivity index (χ2v) is 5.59. The normalized spacial score (nSPS) is 11.0. The van der Waals surface area contributed by atoms with Crippen molar-refractivity contribution in [2.24, 2.45) is 0 Å². The van der Waals surface area contributed by atoms with Crippen molar-refractivity contribution in [1.82, 2.24) is 10.6 Å². The average Bonchev–Trinajstić information content (AvgIpc) is 2.63. The monoisotopic (exact) mass is 384 g/mol. The lowest BCUT2D eigenvalue weighted by atomic mass is 10.2. The molecule has 0 radical (unpaired) electrons. The Balaban J connectivity index is 1.80. The lowest BCUT2D eigenvalue weighted by molar-refractivity contribution is -0.153. The first-order chi connectivity index (χ1) is 12.8. The Morgan fingerprint density at radius 2 is 1.74 bits per heavy atom. The fourth-order valence-electron chi connectivity index (χ4n) is 2.18. The number of urea groups is 1. The lowest BCUT2D eigenvalue weighted by Crippen LogP contribution is -2.34. The molecule has 0 aromatic heterocycles. The highest BCUT2D eigenvalue weighted by molar-refractivity contribution is 5.73. The average molecular weight is 384 g/mol. The summed E-state index contributed by atoms with van der Waals surface area (Å²) in [5, 5.41) is 14.9. The number of hydrogen-bond acceptors (Lipinski definition) is 4. The molecule has 0 saturated carbocycles. The standard InChI is InChI=1S/C18H19F3N2O4/c1-26-16-6-5-13(8-15(16)24)10-23-17(25)22-9-12-3-2-4-14(7-12)27-11-18(19,20)21/h2-8,24H,9-11H2,1H3,(H2,22,23,25). The molecule has 3 N–H and O–H groups in total. The number of benzene rings is 2. The highest BCUT2D eigenvalue weighted by atomic mass is 19.4. The minimum atomic E-state index is -4.41. The van der Waals surface area contributed by atoms with E-state index in [1.54, 1.807) is 24.3 Å². The van der Waals surface area contributed by atoms with E-state index >= 15 is 0 Å². The number of phenolic OH excluding ortho intramolecular Hbond substituents is 1. The number of aromatic hydroxyl groups is 1. The fourth-order valence-corrected chi connectivity index (χ4v) is 2.18. The zero-order chi connectivity index (χ0) is 19.9. The van der Waals surface area contributed by atoms with E-state index in [0.29, 0.717) is 16.9 Å². The molecule has 9 heteroatoms. The summed E-state index contributed by atoms with van der Waals surface area (Å²) in [6.45, 7) is -1.08. The highest BCUT2D eigenvalue weighted by Gasteiger charge is 2.28. The number of nitrogens with one attached hydrogen (secondary N) is 2. The van der Waals surface area contributed by atoms with Crippen molar-refractivity contribution in [3.63, 3.8) is 0 Å². The van der Waals surface area contributed by atoms with E-state index < -0.39 is 18.8 Å². The molecule has 2 aromatic rings.